The maximum atomic E-state index is 12.7. The van der Waals surface area contributed by atoms with Crippen LogP contribution in [-0.4, -0.2) is 45.6 Å². The molecule has 138 valence electrons. The number of Topliss-reactive ketones (excluding diaryl/α,β-unsaturated/α-hetero) is 1. The van der Waals surface area contributed by atoms with Crippen molar-refractivity contribution in [3.05, 3.63) is 59.9 Å². The monoisotopic (exact) mass is 365 g/mol. The molecular formula is C18H18F3N3O2. The molecule has 0 unspecified atom stereocenters. The van der Waals surface area contributed by atoms with Crippen LogP contribution in [0.3, 0.4) is 0 Å². The van der Waals surface area contributed by atoms with Gasteiger partial charge in [0.1, 0.15) is 6.54 Å². The molecule has 0 aliphatic rings. The Morgan fingerprint density at radius 1 is 1.23 bits per heavy atom. The van der Waals surface area contributed by atoms with Gasteiger partial charge >= 0.3 is 6.18 Å². The van der Waals surface area contributed by atoms with Crippen molar-refractivity contribution in [2.24, 2.45) is 0 Å². The lowest BCUT2D eigenvalue weighted by Gasteiger charge is -2.21. The highest BCUT2D eigenvalue weighted by Crippen LogP contribution is 2.21. The molecule has 0 N–H and O–H groups in total. The second-order valence-electron chi connectivity index (χ2n) is 5.71. The van der Waals surface area contributed by atoms with Crippen LogP contribution in [0.4, 0.5) is 13.2 Å². The number of aryl methyl sites for hydroxylation is 1. The minimum atomic E-state index is -4.61. The Bertz CT molecular complexity index is 826. The van der Waals surface area contributed by atoms with Crippen LogP contribution in [0.25, 0.3) is 5.69 Å². The lowest BCUT2D eigenvalue weighted by molar-refractivity contribution is -0.157. The number of carbonyl (C=O) groups is 2. The summed E-state index contributed by atoms with van der Waals surface area (Å²) < 4.78 is 39.5. The normalized spacial score (nSPS) is 11.3. The highest BCUT2D eigenvalue weighted by Gasteiger charge is 2.36. The maximum absolute atomic E-state index is 12.7. The fourth-order valence-corrected chi connectivity index (χ4v) is 2.63. The molecule has 0 spiro atoms. The Morgan fingerprint density at radius 2 is 1.85 bits per heavy atom. The molecule has 2 rings (SSSR count). The molecule has 0 radical (unpaired) electrons. The van der Waals surface area contributed by atoms with Gasteiger partial charge in [0.15, 0.2) is 0 Å². The van der Waals surface area contributed by atoms with Gasteiger partial charge in [0.25, 0.3) is 11.7 Å². The SMILES string of the molecule is C=CCN(CC(F)(F)F)C(=O)C(=O)c1c(C)nn(-c2ccccc2)c1C. The minimum Gasteiger partial charge on any atom is -0.323 e. The van der Waals surface area contributed by atoms with Crippen molar-refractivity contribution in [2.45, 2.75) is 20.0 Å². The molecule has 0 atom stereocenters. The third kappa shape index (κ3) is 4.19. The van der Waals surface area contributed by atoms with Crippen LogP contribution in [0.1, 0.15) is 21.7 Å². The number of benzene rings is 1. The first-order valence-electron chi connectivity index (χ1n) is 7.78. The highest BCUT2D eigenvalue weighted by molar-refractivity contribution is 6.43. The zero-order chi connectivity index (χ0) is 19.5. The van der Waals surface area contributed by atoms with Crippen LogP contribution in [0.5, 0.6) is 0 Å². The summed E-state index contributed by atoms with van der Waals surface area (Å²) >= 11 is 0. The Hall–Kier alpha value is -2.90. The van der Waals surface area contributed by atoms with Crippen LogP contribution in [0, 0.1) is 13.8 Å². The summed E-state index contributed by atoms with van der Waals surface area (Å²) in [7, 11) is 0. The Labute approximate surface area is 148 Å². The summed E-state index contributed by atoms with van der Waals surface area (Å²) in [5.41, 5.74) is 1.35. The van der Waals surface area contributed by atoms with E-state index in [1.807, 2.05) is 6.07 Å². The van der Waals surface area contributed by atoms with Gasteiger partial charge in [0, 0.05) is 6.54 Å². The summed E-state index contributed by atoms with van der Waals surface area (Å²) in [4.78, 5) is 25.4. The van der Waals surface area contributed by atoms with E-state index in [1.54, 1.807) is 31.2 Å². The van der Waals surface area contributed by atoms with E-state index in [0.717, 1.165) is 6.08 Å². The number of aromatic nitrogens is 2. The van der Waals surface area contributed by atoms with Gasteiger partial charge in [-0.3, -0.25) is 9.59 Å². The van der Waals surface area contributed by atoms with Gasteiger partial charge < -0.3 is 4.90 Å². The number of halogens is 3. The third-order valence-electron chi connectivity index (χ3n) is 3.72. The van der Waals surface area contributed by atoms with Crippen molar-refractivity contribution >= 4 is 11.7 Å². The maximum Gasteiger partial charge on any atom is 0.406 e. The molecule has 0 saturated heterocycles. The summed E-state index contributed by atoms with van der Waals surface area (Å²) in [6, 6.07) is 8.92. The first kappa shape index (κ1) is 19.4. The summed E-state index contributed by atoms with van der Waals surface area (Å²) in [5.74, 6) is -2.26. The van der Waals surface area contributed by atoms with Gasteiger partial charge in [0.2, 0.25) is 0 Å². The molecule has 1 heterocycles. The first-order chi connectivity index (χ1) is 12.2. The van der Waals surface area contributed by atoms with Crippen LogP contribution >= 0.6 is 0 Å². The topological polar surface area (TPSA) is 55.2 Å². The van der Waals surface area contributed by atoms with E-state index in [9.17, 15) is 22.8 Å². The second-order valence-corrected chi connectivity index (χ2v) is 5.71. The van der Waals surface area contributed by atoms with Gasteiger partial charge in [-0.15, -0.1) is 6.58 Å². The van der Waals surface area contributed by atoms with Gasteiger partial charge in [-0.25, -0.2) is 4.68 Å². The van der Waals surface area contributed by atoms with E-state index in [4.69, 9.17) is 0 Å². The second kappa shape index (κ2) is 7.55. The highest BCUT2D eigenvalue weighted by atomic mass is 19.4. The van der Waals surface area contributed by atoms with Gasteiger partial charge in [0.05, 0.1) is 22.6 Å². The van der Waals surface area contributed by atoms with Gasteiger partial charge in [-0.1, -0.05) is 24.3 Å². The average Bonchev–Trinajstić information content (AvgIpc) is 2.87. The molecule has 1 aromatic carbocycles. The molecule has 5 nitrogen and oxygen atoms in total. The van der Waals surface area contributed by atoms with Crippen LogP contribution in [-0.2, 0) is 4.79 Å². The smallest absolute Gasteiger partial charge is 0.323 e. The number of rotatable bonds is 6. The van der Waals surface area contributed by atoms with Gasteiger partial charge in [-0.05, 0) is 26.0 Å². The average molecular weight is 365 g/mol. The summed E-state index contributed by atoms with van der Waals surface area (Å²) in [6.07, 6.45) is -3.47. The molecule has 0 fully saturated rings. The molecule has 0 bridgehead atoms. The predicted octanol–water partition coefficient (Wildman–Crippen LogP) is 3.25. The number of amides is 1. The minimum absolute atomic E-state index is 0.00934. The number of para-hydroxylation sites is 1. The van der Waals surface area contributed by atoms with Crippen molar-refractivity contribution < 1.29 is 22.8 Å². The molecule has 1 amide bonds. The largest absolute Gasteiger partial charge is 0.406 e. The lowest BCUT2D eigenvalue weighted by Crippen LogP contribution is -2.42. The van der Waals surface area contributed by atoms with Crippen molar-refractivity contribution in [1.82, 2.24) is 14.7 Å². The number of hydrogen-bond donors (Lipinski definition) is 0. The van der Waals surface area contributed by atoms with E-state index in [2.05, 4.69) is 11.7 Å². The molecule has 26 heavy (non-hydrogen) atoms. The van der Waals surface area contributed by atoms with E-state index in [0.29, 0.717) is 16.3 Å². The summed E-state index contributed by atoms with van der Waals surface area (Å²) in [6.45, 7) is 4.56. The van der Waals surface area contributed by atoms with E-state index < -0.39 is 24.4 Å². The Balaban J connectivity index is 2.38. The molecular weight excluding hydrogens is 347 g/mol. The zero-order valence-corrected chi connectivity index (χ0v) is 14.4. The van der Waals surface area contributed by atoms with E-state index in [1.165, 1.54) is 11.6 Å². The fourth-order valence-electron chi connectivity index (χ4n) is 2.63. The van der Waals surface area contributed by atoms with E-state index >= 15 is 0 Å². The molecule has 2 aromatic rings. The number of carbonyl (C=O) groups excluding carboxylic acids is 2. The fraction of sp³-hybridized carbons (Fsp3) is 0.278. The lowest BCUT2D eigenvalue weighted by atomic mass is 10.1. The standard InChI is InChI=1S/C18H18F3N3O2/c1-4-10-23(11-18(19,20)21)17(26)16(25)15-12(2)22-24(13(15)3)14-8-6-5-7-9-14/h4-9H,1,10-11H2,2-3H3. The Morgan fingerprint density at radius 3 is 2.38 bits per heavy atom. The molecule has 1 aromatic heterocycles. The number of hydrogen-bond acceptors (Lipinski definition) is 3. The molecule has 0 saturated carbocycles. The van der Waals surface area contributed by atoms with Gasteiger partial charge in [-0.2, -0.15) is 18.3 Å². The Kier molecular flexibility index (Phi) is 5.64. The zero-order valence-electron chi connectivity index (χ0n) is 14.4. The molecule has 0 aliphatic heterocycles. The van der Waals surface area contributed by atoms with Crippen molar-refractivity contribution in [2.75, 3.05) is 13.1 Å². The number of ketones is 1. The van der Waals surface area contributed by atoms with Crippen LogP contribution in [0.2, 0.25) is 0 Å². The summed E-state index contributed by atoms with van der Waals surface area (Å²) in [5, 5.41) is 4.25. The number of nitrogens with zero attached hydrogens (tertiary/aromatic N) is 3. The van der Waals surface area contributed by atoms with Crippen molar-refractivity contribution in [3.63, 3.8) is 0 Å². The van der Waals surface area contributed by atoms with Crippen molar-refractivity contribution in [3.8, 4) is 5.69 Å². The molecule has 8 heteroatoms. The van der Waals surface area contributed by atoms with E-state index in [-0.39, 0.29) is 17.8 Å². The number of alkyl halides is 3. The van der Waals surface area contributed by atoms with Crippen molar-refractivity contribution in [1.29, 1.82) is 0 Å². The van der Waals surface area contributed by atoms with Crippen LogP contribution in [0.15, 0.2) is 43.0 Å². The third-order valence-corrected chi connectivity index (χ3v) is 3.72. The quantitative estimate of drug-likeness (QED) is 0.449. The van der Waals surface area contributed by atoms with Crippen LogP contribution < -0.4 is 0 Å². The predicted molar refractivity (Wildman–Crippen MR) is 90.2 cm³/mol. The molecule has 0 aliphatic carbocycles. The first-order valence-corrected chi connectivity index (χ1v) is 7.78.